The molecule has 0 aromatic heterocycles. The first-order valence-corrected chi connectivity index (χ1v) is 17.0. The summed E-state index contributed by atoms with van der Waals surface area (Å²) in [5.41, 5.74) is 0.542. The first-order valence-electron chi connectivity index (χ1n) is 15.5. The number of benzene rings is 3. The Hall–Kier alpha value is -4.05. The van der Waals surface area contributed by atoms with E-state index >= 15 is 0 Å². The number of ether oxygens (including phenoxy) is 3. The van der Waals surface area contributed by atoms with Gasteiger partial charge in [-0.3, -0.25) is 20.3 Å². The summed E-state index contributed by atoms with van der Waals surface area (Å²) in [5, 5.41) is 14.3. The molecule has 0 radical (unpaired) electrons. The first-order chi connectivity index (χ1) is 22.9. The lowest BCUT2D eigenvalue weighted by molar-refractivity contribution is -0.384. The van der Waals surface area contributed by atoms with Crippen molar-refractivity contribution in [1.29, 1.82) is 0 Å². The number of carbonyl (C=O) groups is 1. The van der Waals surface area contributed by atoms with Crippen molar-refractivity contribution in [1.82, 2.24) is 10.2 Å². The number of piperidine rings is 1. The molecule has 2 aliphatic rings. The number of nitrogens with zero attached hydrogens (tertiary/aromatic N) is 2. The van der Waals surface area contributed by atoms with E-state index in [1.54, 1.807) is 43.0 Å². The SMILES string of the molecule is CCOC(=O)[C@H](Cc1ccc(OCCN[C@]2(S(=O)(=O)c3ccc([N+](=O)[O-])cc3)C3CN(Cc4cc(F)c(F)cc4F)C[C@H]32)cc1)OCC. The lowest BCUT2D eigenvalue weighted by Crippen LogP contribution is -2.48. The zero-order valence-corrected chi connectivity index (χ0v) is 27.2. The maximum absolute atomic E-state index is 14.3. The molecule has 2 fully saturated rings. The third kappa shape index (κ3) is 7.18. The summed E-state index contributed by atoms with van der Waals surface area (Å²) >= 11 is 0. The van der Waals surface area contributed by atoms with Crippen molar-refractivity contribution in [3.8, 4) is 5.75 Å². The molecule has 0 bridgehead atoms. The van der Waals surface area contributed by atoms with Gasteiger partial charge >= 0.3 is 5.97 Å². The number of hydrogen-bond acceptors (Lipinski definition) is 10. The number of esters is 1. The molecule has 11 nitrogen and oxygen atoms in total. The minimum absolute atomic E-state index is 0.0338. The number of nitro groups is 1. The highest BCUT2D eigenvalue weighted by molar-refractivity contribution is 7.93. The molecule has 1 aliphatic carbocycles. The van der Waals surface area contributed by atoms with Crippen LogP contribution in [0.15, 0.2) is 65.6 Å². The standard InChI is InChI=1S/C33H36F3N3O8S/c1-3-45-31(32(40)46-4-2)15-21-5-9-24(10-6-21)47-14-13-37-33(48(43,44)25-11-7-23(8-12-25)39(41)42)26-19-38(20-27(26)33)18-22-16-29(35)30(36)17-28(22)34/h5-12,16-17,26-27,31,37H,3-4,13-15,18-20H2,1-2H3/t26-,27?,31+,33-/m1/s1. The maximum Gasteiger partial charge on any atom is 0.335 e. The van der Waals surface area contributed by atoms with Gasteiger partial charge in [0.25, 0.3) is 5.69 Å². The number of hydrogen-bond donors (Lipinski definition) is 1. The second kappa shape index (κ2) is 14.6. The summed E-state index contributed by atoms with van der Waals surface area (Å²) in [6.07, 6.45) is -0.412. The predicted octanol–water partition coefficient (Wildman–Crippen LogP) is 4.42. The van der Waals surface area contributed by atoms with Gasteiger partial charge in [-0.15, -0.1) is 0 Å². The Kier molecular flexibility index (Phi) is 10.7. The summed E-state index contributed by atoms with van der Waals surface area (Å²) in [4.78, 5) is 23.0. The molecule has 48 heavy (non-hydrogen) atoms. The fourth-order valence-electron chi connectivity index (χ4n) is 6.42. The Labute approximate surface area is 276 Å². The second-order valence-corrected chi connectivity index (χ2v) is 13.8. The van der Waals surface area contributed by atoms with Crippen LogP contribution in [-0.4, -0.2) is 74.6 Å². The molecule has 0 spiro atoms. The summed E-state index contributed by atoms with van der Waals surface area (Å²) in [5.74, 6) is -4.13. The number of nitro benzene ring substituents is 1. The summed E-state index contributed by atoms with van der Waals surface area (Å²) in [6.45, 7) is 4.79. The van der Waals surface area contributed by atoms with Crippen LogP contribution in [0.4, 0.5) is 18.9 Å². The number of sulfone groups is 1. The van der Waals surface area contributed by atoms with Crippen molar-refractivity contribution in [2.75, 3.05) is 39.5 Å². The van der Waals surface area contributed by atoms with Crippen molar-refractivity contribution >= 4 is 21.5 Å². The fourth-order valence-corrected chi connectivity index (χ4v) is 8.80. The first kappa shape index (κ1) is 35.3. The van der Waals surface area contributed by atoms with Crippen LogP contribution in [0, 0.1) is 39.4 Å². The van der Waals surface area contributed by atoms with E-state index in [0.29, 0.717) is 24.8 Å². The zero-order chi connectivity index (χ0) is 34.6. The van der Waals surface area contributed by atoms with Crippen LogP contribution in [0.3, 0.4) is 0 Å². The van der Waals surface area contributed by atoms with E-state index in [2.05, 4.69) is 5.32 Å². The van der Waals surface area contributed by atoms with E-state index in [1.165, 1.54) is 12.1 Å². The quantitative estimate of drug-likeness (QED) is 0.0756. The van der Waals surface area contributed by atoms with Gasteiger partial charge in [0.15, 0.2) is 27.6 Å². The van der Waals surface area contributed by atoms with Crippen LogP contribution in [-0.2, 0) is 37.1 Å². The molecule has 15 heteroatoms. The Morgan fingerprint density at radius 1 is 1.00 bits per heavy atom. The third-order valence-electron chi connectivity index (χ3n) is 8.71. The van der Waals surface area contributed by atoms with Gasteiger partial charge in [0.2, 0.25) is 0 Å². The topological polar surface area (TPSA) is 137 Å². The molecule has 3 aromatic rings. The highest BCUT2D eigenvalue weighted by atomic mass is 32.2. The van der Waals surface area contributed by atoms with E-state index in [-0.39, 0.29) is 55.5 Å². The minimum Gasteiger partial charge on any atom is -0.492 e. The average molecular weight is 692 g/mol. The average Bonchev–Trinajstić information content (AvgIpc) is 3.44. The van der Waals surface area contributed by atoms with E-state index in [9.17, 15) is 36.5 Å². The van der Waals surface area contributed by atoms with Gasteiger partial charge in [-0.25, -0.2) is 26.4 Å². The summed E-state index contributed by atoms with van der Waals surface area (Å²) in [7, 11) is -4.07. The van der Waals surface area contributed by atoms with Crippen molar-refractivity contribution in [2.24, 2.45) is 11.8 Å². The molecule has 3 aromatic carbocycles. The molecule has 0 amide bonds. The van der Waals surface area contributed by atoms with Crippen molar-refractivity contribution in [3.63, 3.8) is 0 Å². The van der Waals surface area contributed by atoms with Crippen LogP contribution in [0.5, 0.6) is 5.75 Å². The molecule has 5 rings (SSSR count). The molecular weight excluding hydrogens is 655 g/mol. The highest BCUT2D eigenvalue weighted by Gasteiger charge is 2.75. The smallest absolute Gasteiger partial charge is 0.335 e. The number of nitrogens with one attached hydrogen (secondary N) is 1. The van der Waals surface area contributed by atoms with E-state index < -0.39 is 61.0 Å². The van der Waals surface area contributed by atoms with Crippen LogP contribution in [0.2, 0.25) is 0 Å². The molecule has 1 aliphatic heterocycles. The summed E-state index contributed by atoms with van der Waals surface area (Å²) in [6, 6.07) is 13.0. The van der Waals surface area contributed by atoms with Gasteiger partial charge < -0.3 is 14.2 Å². The molecule has 1 saturated heterocycles. The predicted molar refractivity (Wildman–Crippen MR) is 167 cm³/mol. The van der Waals surface area contributed by atoms with Gasteiger partial charge in [-0.05, 0) is 49.7 Å². The van der Waals surface area contributed by atoms with Gasteiger partial charge in [-0.1, -0.05) is 12.1 Å². The zero-order valence-electron chi connectivity index (χ0n) is 26.4. The minimum atomic E-state index is -4.07. The highest BCUT2D eigenvalue weighted by Crippen LogP contribution is 2.60. The monoisotopic (exact) mass is 691 g/mol. The van der Waals surface area contributed by atoms with Gasteiger partial charge in [0.05, 0.1) is 16.4 Å². The number of carbonyl (C=O) groups excluding carboxylic acids is 1. The number of likely N-dealkylation sites (tertiary alicyclic amines) is 1. The van der Waals surface area contributed by atoms with E-state index in [4.69, 9.17) is 14.2 Å². The Balaban J connectivity index is 1.25. The van der Waals surface area contributed by atoms with Crippen LogP contribution in [0.25, 0.3) is 0 Å². The molecule has 1 heterocycles. The molecule has 4 atom stereocenters. The molecule has 258 valence electrons. The number of non-ortho nitro benzene ring substituents is 1. The number of halogens is 3. The molecule has 1 saturated carbocycles. The molecule has 1 unspecified atom stereocenters. The summed E-state index contributed by atoms with van der Waals surface area (Å²) < 4.78 is 86.1. The lowest BCUT2D eigenvalue weighted by atomic mass is 10.1. The van der Waals surface area contributed by atoms with Crippen molar-refractivity contribution in [2.45, 2.75) is 42.7 Å². The normalized spacial score (nSPS) is 21.0. The Morgan fingerprint density at radius 2 is 1.65 bits per heavy atom. The fraction of sp³-hybridized carbons (Fsp3) is 0.424. The van der Waals surface area contributed by atoms with E-state index in [1.807, 2.05) is 0 Å². The van der Waals surface area contributed by atoms with Crippen molar-refractivity contribution < 1.29 is 45.5 Å². The second-order valence-electron chi connectivity index (χ2n) is 11.6. The van der Waals surface area contributed by atoms with Crippen LogP contribution >= 0.6 is 0 Å². The number of fused-ring (bicyclic) bond motifs is 1. The third-order valence-corrected chi connectivity index (χ3v) is 11.2. The van der Waals surface area contributed by atoms with Gasteiger partial charge in [-0.2, -0.15) is 0 Å². The number of rotatable bonds is 16. The molecule has 1 N–H and O–H groups in total. The van der Waals surface area contributed by atoms with Gasteiger partial charge in [0, 0.05) is 74.8 Å². The Bertz CT molecular complexity index is 1730. The van der Waals surface area contributed by atoms with Crippen molar-refractivity contribution in [3.05, 3.63) is 99.4 Å². The van der Waals surface area contributed by atoms with Crippen LogP contribution < -0.4 is 10.1 Å². The van der Waals surface area contributed by atoms with Gasteiger partial charge in [0.1, 0.15) is 23.0 Å². The van der Waals surface area contributed by atoms with E-state index in [0.717, 1.165) is 23.8 Å². The molecular formula is C33H36F3N3O8S. The largest absolute Gasteiger partial charge is 0.492 e. The Morgan fingerprint density at radius 3 is 2.25 bits per heavy atom. The van der Waals surface area contributed by atoms with Crippen LogP contribution in [0.1, 0.15) is 25.0 Å². The lowest BCUT2D eigenvalue weighted by Gasteiger charge is -2.28. The maximum atomic E-state index is 14.3.